The first-order valence-electron chi connectivity index (χ1n) is 5.33. The van der Waals surface area contributed by atoms with Crippen molar-refractivity contribution in [1.29, 1.82) is 0 Å². The first kappa shape index (κ1) is 14.4. The molecule has 0 aromatic heterocycles. The molecule has 0 rings (SSSR count). The number of hydrogen-bond donors (Lipinski definition) is 1. The van der Waals surface area contributed by atoms with E-state index in [9.17, 15) is 0 Å². The summed E-state index contributed by atoms with van der Waals surface area (Å²) in [7, 11) is 0. The Labute approximate surface area is 98.7 Å². The van der Waals surface area contributed by atoms with Gasteiger partial charge in [-0.1, -0.05) is 27.0 Å². The zero-order chi connectivity index (χ0) is 11.8. The zero-order valence-corrected chi connectivity index (χ0v) is 11.2. The van der Waals surface area contributed by atoms with E-state index in [2.05, 4.69) is 44.3 Å². The summed E-state index contributed by atoms with van der Waals surface area (Å²) in [4.78, 5) is 0. The fourth-order valence-corrected chi connectivity index (χ4v) is 2.04. The first-order chi connectivity index (χ1) is 7.02. The molecule has 0 spiro atoms. The molecule has 0 saturated carbocycles. The van der Waals surface area contributed by atoms with Gasteiger partial charge in [0, 0.05) is 5.70 Å². The summed E-state index contributed by atoms with van der Waals surface area (Å²) in [6.45, 7) is 14.0. The molecule has 1 N–H and O–H groups in total. The quantitative estimate of drug-likeness (QED) is 0.664. The normalized spacial score (nSPS) is 12.1. The predicted molar refractivity (Wildman–Crippen MR) is 72.2 cm³/mol. The van der Waals surface area contributed by atoms with E-state index < -0.39 is 0 Å². The van der Waals surface area contributed by atoms with Gasteiger partial charge in [0.05, 0.1) is 6.04 Å². The molecule has 0 aromatic carbocycles. The van der Waals surface area contributed by atoms with E-state index >= 15 is 0 Å². The van der Waals surface area contributed by atoms with Crippen LogP contribution in [0.4, 0.5) is 0 Å². The lowest BCUT2D eigenvalue weighted by Gasteiger charge is -2.23. The molecule has 0 aliphatic rings. The zero-order valence-electron chi connectivity index (χ0n) is 10.4. The fourth-order valence-electron chi connectivity index (χ4n) is 1.57. The summed E-state index contributed by atoms with van der Waals surface area (Å²) >= 11 is 1.87. The molecule has 86 valence electrons. The maximum Gasteiger partial charge on any atom is 0.0555 e. The summed E-state index contributed by atoms with van der Waals surface area (Å²) in [6.07, 6.45) is 3.23. The molecule has 1 unspecified atom stereocenters. The van der Waals surface area contributed by atoms with Crippen LogP contribution in [0.1, 0.15) is 27.2 Å². The van der Waals surface area contributed by atoms with Crippen LogP contribution in [0.2, 0.25) is 0 Å². The van der Waals surface area contributed by atoms with E-state index in [0.717, 1.165) is 17.9 Å². The Morgan fingerprint density at radius 3 is 2.40 bits per heavy atom. The van der Waals surface area contributed by atoms with Crippen molar-refractivity contribution in [3.63, 3.8) is 0 Å². The third kappa shape index (κ3) is 5.76. The number of nitrogens with one attached hydrogen (secondary N) is 1. The minimum Gasteiger partial charge on any atom is -0.382 e. The highest BCUT2D eigenvalue weighted by Gasteiger charge is 2.15. The number of allylic oxidation sites excluding steroid dienone is 1. The van der Waals surface area contributed by atoms with E-state index in [-0.39, 0.29) is 0 Å². The molecule has 0 bridgehead atoms. The van der Waals surface area contributed by atoms with Crippen LogP contribution in [0.5, 0.6) is 0 Å². The van der Waals surface area contributed by atoms with Gasteiger partial charge in [-0.15, -0.1) is 5.73 Å². The largest absolute Gasteiger partial charge is 0.382 e. The lowest BCUT2D eigenvalue weighted by Crippen LogP contribution is -2.31. The highest BCUT2D eigenvalue weighted by molar-refractivity contribution is 7.98. The SMILES string of the molecule is C=C=C(C(C)C)C(CCSC)NC(=C)C. The number of thioether (sulfide) groups is 1. The topological polar surface area (TPSA) is 12.0 Å². The average molecular weight is 225 g/mol. The monoisotopic (exact) mass is 225 g/mol. The van der Waals surface area contributed by atoms with Crippen molar-refractivity contribution in [2.45, 2.75) is 33.2 Å². The average Bonchev–Trinajstić information content (AvgIpc) is 2.13. The molecule has 0 saturated heterocycles. The van der Waals surface area contributed by atoms with Crippen LogP contribution in [0.25, 0.3) is 0 Å². The van der Waals surface area contributed by atoms with Gasteiger partial charge in [-0.2, -0.15) is 11.8 Å². The van der Waals surface area contributed by atoms with Crippen LogP contribution >= 0.6 is 11.8 Å². The van der Waals surface area contributed by atoms with Gasteiger partial charge in [0.1, 0.15) is 0 Å². The molecule has 0 fully saturated rings. The van der Waals surface area contributed by atoms with Gasteiger partial charge < -0.3 is 5.32 Å². The fraction of sp³-hybridized carbons (Fsp3) is 0.615. The molecule has 15 heavy (non-hydrogen) atoms. The van der Waals surface area contributed by atoms with Gasteiger partial charge >= 0.3 is 0 Å². The van der Waals surface area contributed by atoms with Crippen molar-refractivity contribution in [1.82, 2.24) is 5.32 Å². The van der Waals surface area contributed by atoms with Crippen molar-refractivity contribution < 1.29 is 0 Å². The lowest BCUT2D eigenvalue weighted by molar-refractivity contribution is 0.561. The molecule has 2 heteroatoms. The molecule has 0 heterocycles. The standard InChI is InChI=1S/C13H23NS/c1-7-12(10(2)3)13(8-9-15-6)14-11(4)5/h10,13-14H,1,4,8-9H2,2-3,5-6H3. The third-order valence-electron chi connectivity index (χ3n) is 2.23. The van der Waals surface area contributed by atoms with Crippen LogP contribution in [0.3, 0.4) is 0 Å². The molecule has 0 aliphatic heterocycles. The second-order valence-electron chi connectivity index (χ2n) is 4.05. The Bertz CT molecular complexity index is 249. The summed E-state index contributed by atoms with van der Waals surface area (Å²) in [5.41, 5.74) is 5.33. The molecule has 1 atom stereocenters. The molecule has 0 amide bonds. The van der Waals surface area contributed by atoms with Crippen molar-refractivity contribution in [2.75, 3.05) is 12.0 Å². The molecular formula is C13H23NS. The van der Waals surface area contributed by atoms with E-state index in [1.165, 1.54) is 5.57 Å². The summed E-state index contributed by atoms with van der Waals surface area (Å²) in [5.74, 6) is 1.63. The lowest BCUT2D eigenvalue weighted by atomic mass is 9.94. The molecule has 0 aliphatic carbocycles. The number of hydrogen-bond acceptors (Lipinski definition) is 2. The van der Waals surface area contributed by atoms with Crippen LogP contribution in [0, 0.1) is 5.92 Å². The second kappa shape index (κ2) is 7.67. The van der Waals surface area contributed by atoms with E-state index in [0.29, 0.717) is 12.0 Å². The van der Waals surface area contributed by atoms with Gasteiger partial charge in [0.2, 0.25) is 0 Å². The van der Waals surface area contributed by atoms with Gasteiger partial charge in [0.15, 0.2) is 0 Å². The van der Waals surface area contributed by atoms with Crippen LogP contribution < -0.4 is 5.32 Å². The molecular weight excluding hydrogens is 202 g/mol. The highest BCUT2D eigenvalue weighted by Crippen LogP contribution is 2.17. The van der Waals surface area contributed by atoms with Crippen molar-refractivity contribution in [3.8, 4) is 0 Å². The Hall–Kier alpha value is -0.590. The van der Waals surface area contributed by atoms with Crippen LogP contribution in [-0.2, 0) is 0 Å². The Kier molecular flexibility index (Phi) is 7.37. The van der Waals surface area contributed by atoms with E-state index in [4.69, 9.17) is 0 Å². The Morgan fingerprint density at radius 2 is 2.07 bits per heavy atom. The van der Waals surface area contributed by atoms with Crippen molar-refractivity contribution in [3.05, 3.63) is 30.2 Å². The molecule has 0 radical (unpaired) electrons. The van der Waals surface area contributed by atoms with Crippen LogP contribution in [-0.4, -0.2) is 18.1 Å². The second-order valence-corrected chi connectivity index (χ2v) is 5.03. The summed E-state index contributed by atoms with van der Waals surface area (Å²) in [6, 6.07) is 0.340. The van der Waals surface area contributed by atoms with Crippen molar-refractivity contribution >= 4 is 11.8 Å². The van der Waals surface area contributed by atoms with Gasteiger partial charge in [-0.25, -0.2) is 0 Å². The van der Waals surface area contributed by atoms with Gasteiger partial charge in [-0.3, -0.25) is 0 Å². The summed E-state index contributed by atoms with van der Waals surface area (Å²) in [5, 5.41) is 3.40. The summed E-state index contributed by atoms with van der Waals surface area (Å²) < 4.78 is 0. The van der Waals surface area contributed by atoms with E-state index in [1.807, 2.05) is 18.7 Å². The minimum atomic E-state index is 0.340. The molecule has 0 aromatic rings. The highest BCUT2D eigenvalue weighted by atomic mass is 32.2. The molecule has 1 nitrogen and oxygen atoms in total. The first-order valence-corrected chi connectivity index (χ1v) is 6.73. The Balaban J connectivity index is 4.59. The van der Waals surface area contributed by atoms with Crippen molar-refractivity contribution in [2.24, 2.45) is 5.92 Å². The third-order valence-corrected chi connectivity index (χ3v) is 2.88. The maximum atomic E-state index is 3.90. The van der Waals surface area contributed by atoms with Gasteiger partial charge in [0.25, 0.3) is 0 Å². The van der Waals surface area contributed by atoms with Crippen LogP contribution in [0.15, 0.2) is 30.2 Å². The Morgan fingerprint density at radius 1 is 1.47 bits per heavy atom. The smallest absolute Gasteiger partial charge is 0.0555 e. The van der Waals surface area contributed by atoms with E-state index in [1.54, 1.807) is 0 Å². The minimum absolute atomic E-state index is 0.340. The predicted octanol–water partition coefficient (Wildman–Crippen LogP) is 3.60. The maximum absolute atomic E-state index is 3.90. The van der Waals surface area contributed by atoms with Gasteiger partial charge in [-0.05, 0) is 36.8 Å². The number of rotatable bonds is 7.